The summed E-state index contributed by atoms with van der Waals surface area (Å²) in [6.45, 7) is 0. The predicted molar refractivity (Wildman–Crippen MR) is 139 cm³/mol. The van der Waals surface area contributed by atoms with Gasteiger partial charge in [0.1, 0.15) is 11.2 Å². The Morgan fingerprint density at radius 3 is 2.21 bits per heavy atom. The van der Waals surface area contributed by atoms with Crippen LogP contribution in [0.1, 0.15) is 8.22 Å². The molecule has 2 aromatic heterocycles. The van der Waals surface area contributed by atoms with Gasteiger partial charge in [-0.2, -0.15) is 0 Å². The van der Waals surface area contributed by atoms with Crippen LogP contribution in [0.5, 0.6) is 0 Å². The Morgan fingerprint density at radius 1 is 0.697 bits per heavy atom. The third-order valence-corrected chi connectivity index (χ3v) is 6.35. The first-order valence-corrected chi connectivity index (χ1v) is 10.9. The fraction of sp³-hybridized carbons (Fsp3) is 0. The van der Waals surface area contributed by atoms with E-state index >= 15 is 0 Å². The van der Waals surface area contributed by atoms with Crippen molar-refractivity contribution in [3.8, 4) is 16.8 Å². The lowest BCUT2D eigenvalue weighted by molar-refractivity contribution is 0.670. The molecule has 5 aromatic carbocycles. The van der Waals surface area contributed by atoms with Gasteiger partial charge in [-0.25, -0.2) is 0 Å². The maximum absolute atomic E-state index is 8.72. The number of halogens is 1. The van der Waals surface area contributed by atoms with E-state index in [1.54, 1.807) is 10.6 Å². The molecular formula is C30H18ClNO. The number of hydrogen-bond acceptors (Lipinski definition) is 1. The lowest BCUT2D eigenvalue weighted by Crippen LogP contribution is -1.95. The summed E-state index contributed by atoms with van der Waals surface area (Å²) in [4.78, 5) is 0. The Bertz CT molecular complexity index is 2090. The van der Waals surface area contributed by atoms with Crippen LogP contribution in [0.4, 0.5) is 0 Å². The Balaban J connectivity index is 1.61. The fourth-order valence-electron chi connectivity index (χ4n) is 4.58. The topological polar surface area (TPSA) is 18.1 Å². The van der Waals surface area contributed by atoms with Crippen LogP contribution in [0, 0.1) is 0 Å². The van der Waals surface area contributed by atoms with Crippen LogP contribution in [0.2, 0.25) is 5.02 Å². The zero-order valence-electron chi connectivity index (χ0n) is 23.2. The molecule has 2 nitrogen and oxygen atoms in total. The third kappa shape index (κ3) is 2.68. The Morgan fingerprint density at radius 2 is 1.42 bits per heavy atom. The molecule has 0 saturated heterocycles. The number of para-hydroxylation sites is 4. The second-order valence-electron chi connectivity index (χ2n) is 7.85. The smallest absolute Gasteiger partial charge is 0.143 e. The summed E-state index contributed by atoms with van der Waals surface area (Å²) >= 11 is 6.77. The van der Waals surface area contributed by atoms with E-state index in [4.69, 9.17) is 24.2 Å². The Kier molecular flexibility index (Phi) is 2.87. The van der Waals surface area contributed by atoms with Gasteiger partial charge in [0, 0.05) is 27.1 Å². The largest absolute Gasteiger partial charge is 0.455 e. The first-order valence-electron chi connectivity index (χ1n) is 13.5. The van der Waals surface area contributed by atoms with E-state index in [0.29, 0.717) is 10.7 Å². The highest BCUT2D eigenvalue weighted by molar-refractivity contribution is 6.33. The van der Waals surface area contributed by atoms with Crippen molar-refractivity contribution in [2.24, 2.45) is 0 Å². The highest BCUT2D eigenvalue weighted by Gasteiger charge is 2.16. The van der Waals surface area contributed by atoms with Crippen molar-refractivity contribution in [2.45, 2.75) is 0 Å². The normalized spacial score (nSPS) is 14.3. The van der Waals surface area contributed by atoms with Crippen LogP contribution in [-0.4, -0.2) is 4.57 Å². The summed E-state index contributed by atoms with van der Waals surface area (Å²) in [5.41, 5.74) is 4.11. The minimum atomic E-state index is -0.164. The molecule has 3 heteroatoms. The molecule has 7 aromatic rings. The molecule has 0 unspecified atom stereocenters. The minimum absolute atomic E-state index is 0.0339. The summed E-state index contributed by atoms with van der Waals surface area (Å²) in [7, 11) is 0. The summed E-state index contributed by atoms with van der Waals surface area (Å²) in [6.07, 6.45) is 0. The molecule has 2 heterocycles. The predicted octanol–water partition coefficient (Wildman–Crippen LogP) is 9.00. The molecule has 0 saturated carbocycles. The first-order chi connectivity index (χ1) is 18.8. The number of hydrogen-bond donors (Lipinski definition) is 0. The zero-order valence-corrected chi connectivity index (χ0v) is 17.9. The molecule has 0 atom stereocenters. The molecule has 0 bridgehead atoms. The average Bonchev–Trinajstić information content (AvgIpc) is 3.48. The van der Waals surface area contributed by atoms with Crippen molar-refractivity contribution < 1.29 is 12.6 Å². The second-order valence-corrected chi connectivity index (χ2v) is 8.25. The van der Waals surface area contributed by atoms with Gasteiger partial charge in [0.25, 0.3) is 0 Å². The van der Waals surface area contributed by atoms with Gasteiger partial charge in [-0.3, -0.25) is 0 Å². The molecule has 0 N–H and O–H groups in total. The molecule has 0 fully saturated rings. The molecule has 0 aliphatic rings. The van der Waals surface area contributed by atoms with E-state index in [-0.39, 0.29) is 58.1 Å². The van der Waals surface area contributed by atoms with E-state index in [0.717, 1.165) is 33.1 Å². The van der Waals surface area contributed by atoms with Crippen molar-refractivity contribution in [1.82, 2.24) is 4.57 Å². The summed E-state index contributed by atoms with van der Waals surface area (Å²) in [6, 6.07) is 21.1. The van der Waals surface area contributed by atoms with Crippen molar-refractivity contribution in [3.63, 3.8) is 0 Å². The van der Waals surface area contributed by atoms with Crippen LogP contribution < -0.4 is 0 Å². The van der Waals surface area contributed by atoms with Gasteiger partial charge in [-0.05, 0) is 35.8 Å². The van der Waals surface area contributed by atoms with Gasteiger partial charge in [-0.1, -0.05) is 90.4 Å². The maximum Gasteiger partial charge on any atom is 0.143 e. The van der Waals surface area contributed by atoms with Crippen molar-refractivity contribution in [3.05, 3.63) is 114 Å². The lowest BCUT2D eigenvalue weighted by atomic mass is 10.0. The highest BCUT2D eigenvalue weighted by atomic mass is 35.5. The fourth-order valence-corrected chi connectivity index (χ4v) is 4.78. The SMILES string of the molecule is [2H]c1cc([2H])c2c(c1[2H])c1c([2H])c([2H])cc([2H])c1n2-c1cc(-c2cccc3c2oc2ccccc23)ccc1Cl. The summed E-state index contributed by atoms with van der Waals surface area (Å²) < 4.78 is 59.0. The molecule has 33 heavy (non-hydrogen) atoms. The van der Waals surface area contributed by atoms with Gasteiger partial charge >= 0.3 is 0 Å². The third-order valence-electron chi connectivity index (χ3n) is 6.03. The number of benzene rings is 5. The molecule has 0 radical (unpaired) electrons. The van der Waals surface area contributed by atoms with Crippen LogP contribution in [0.15, 0.2) is 113 Å². The van der Waals surface area contributed by atoms with Crippen molar-refractivity contribution in [2.75, 3.05) is 0 Å². The first kappa shape index (κ1) is 13.5. The number of furan rings is 1. The molecular weight excluding hydrogens is 426 g/mol. The van der Waals surface area contributed by atoms with Gasteiger partial charge in [0.15, 0.2) is 0 Å². The molecule has 156 valence electrons. The summed E-state index contributed by atoms with van der Waals surface area (Å²) in [5, 5.41) is 2.71. The van der Waals surface area contributed by atoms with Gasteiger partial charge in [0.05, 0.1) is 30.0 Å². The van der Waals surface area contributed by atoms with Gasteiger partial charge < -0.3 is 8.98 Å². The van der Waals surface area contributed by atoms with Crippen molar-refractivity contribution in [1.29, 1.82) is 0 Å². The molecule has 0 spiro atoms. The van der Waals surface area contributed by atoms with E-state index in [2.05, 4.69) is 0 Å². The zero-order chi connectivity index (χ0) is 27.2. The number of fused-ring (bicyclic) bond motifs is 6. The quantitative estimate of drug-likeness (QED) is 0.257. The molecule has 7 rings (SSSR count). The average molecular weight is 450 g/mol. The van der Waals surface area contributed by atoms with E-state index < -0.39 is 0 Å². The van der Waals surface area contributed by atoms with Crippen LogP contribution in [0.3, 0.4) is 0 Å². The molecule has 0 aliphatic carbocycles. The number of aromatic nitrogens is 1. The Labute approximate surface area is 203 Å². The molecule has 0 aliphatic heterocycles. The van der Waals surface area contributed by atoms with Gasteiger partial charge in [0.2, 0.25) is 0 Å². The second kappa shape index (κ2) is 6.99. The Hall–Kier alpha value is -4.01. The minimum Gasteiger partial charge on any atom is -0.455 e. The van der Waals surface area contributed by atoms with Crippen LogP contribution >= 0.6 is 11.6 Å². The van der Waals surface area contributed by atoms with E-state index in [1.807, 2.05) is 54.6 Å². The number of rotatable bonds is 2. The molecule has 0 amide bonds. The van der Waals surface area contributed by atoms with E-state index in [1.165, 1.54) is 12.1 Å². The lowest BCUT2D eigenvalue weighted by Gasteiger charge is -2.12. The van der Waals surface area contributed by atoms with Crippen molar-refractivity contribution >= 4 is 55.3 Å². The van der Waals surface area contributed by atoms with E-state index in [9.17, 15) is 0 Å². The van der Waals surface area contributed by atoms with Gasteiger partial charge in [-0.15, -0.1) is 0 Å². The highest BCUT2D eigenvalue weighted by Crippen LogP contribution is 2.39. The maximum atomic E-state index is 8.72. The van der Waals surface area contributed by atoms with Crippen LogP contribution in [0.25, 0.3) is 60.6 Å². The van der Waals surface area contributed by atoms with Crippen LogP contribution in [-0.2, 0) is 0 Å². The summed E-state index contributed by atoms with van der Waals surface area (Å²) in [5.74, 6) is 0. The monoisotopic (exact) mass is 449 g/mol. The standard InChI is InChI=1S/C30H18ClNO/c31-25-17-16-19(20-11-7-12-24-23-10-3-6-15-29(23)33-30(20)24)18-28(25)32-26-13-4-1-8-21(26)22-9-2-5-14-27(22)32/h1-18H/i1D,2D,8D,9D,13D,14D. The number of nitrogens with zero attached hydrogens (tertiary/aromatic N) is 1.